The van der Waals surface area contributed by atoms with Crippen LogP contribution in [0.25, 0.3) is 0 Å². The number of halogens is 1. The number of hydrogen-bond donors (Lipinski definition) is 2. The maximum atomic E-state index is 10.4. The average molecular weight is 303 g/mol. The summed E-state index contributed by atoms with van der Waals surface area (Å²) in [5.74, 6) is 0.281. The molecule has 1 aromatic rings. The zero-order chi connectivity index (χ0) is 14.6. The molecule has 0 aliphatic carbocycles. The molecule has 0 amide bonds. The Balaban J connectivity index is 2.00. The lowest BCUT2D eigenvalue weighted by Crippen LogP contribution is -2.43. The number of ether oxygens (including phenoxy) is 2. The van der Waals surface area contributed by atoms with E-state index in [1.54, 1.807) is 0 Å². The van der Waals surface area contributed by atoms with Crippen LogP contribution < -0.4 is 10.1 Å². The van der Waals surface area contributed by atoms with Crippen molar-refractivity contribution in [3.05, 3.63) is 5.28 Å². The highest BCUT2D eigenvalue weighted by molar-refractivity contribution is 6.28. The number of nitrogens with one attached hydrogen (secondary N) is 1. The SMILES string of the molecule is CCCOc1nc(Cl)nc(NCC2(O)CCOC2C)n1. The predicted molar refractivity (Wildman–Crippen MR) is 74.1 cm³/mol. The number of hydrogen-bond acceptors (Lipinski definition) is 7. The molecule has 0 saturated carbocycles. The minimum atomic E-state index is -0.927. The molecule has 0 aromatic carbocycles. The van der Waals surface area contributed by atoms with Gasteiger partial charge in [-0.25, -0.2) is 0 Å². The average Bonchev–Trinajstić information content (AvgIpc) is 2.74. The lowest BCUT2D eigenvalue weighted by atomic mass is 9.97. The van der Waals surface area contributed by atoms with Crippen molar-refractivity contribution >= 4 is 17.5 Å². The van der Waals surface area contributed by atoms with Gasteiger partial charge in [-0.1, -0.05) is 6.92 Å². The van der Waals surface area contributed by atoms with Gasteiger partial charge in [0.2, 0.25) is 11.2 Å². The molecule has 2 atom stereocenters. The van der Waals surface area contributed by atoms with Gasteiger partial charge in [-0.15, -0.1) is 0 Å². The minimum absolute atomic E-state index is 0.0521. The Morgan fingerprint density at radius 1 is 1.50 bits per heavy atom. The summed E-state index contributed by atoms with van der Waals surface area (Å²) in [6.07, 6.45) is 1.18. The van der Waals surface area contributed by atoms with Gasteiger partial charge in [0.15, 0.2) is 0 Å². The van der Waals surface area contributed by atoms with Gasteiger partial charge in [0.25, 0.3) is 0 Å². The molecule has 0 radical (unpaired) electrons. The number of nitrogens with zero attached hydrogens (tertiary/aromatic N) is 3. The van der Waals surface area contributed by atoms with Gasteiger partial charge in [-0.3, -0.25) is 0 Å². The van der Waals surface area contributed by atoms with Crippen LogP contribution in [0.4, 0.5) is 5.95 Å². The zero-order valence-electron chi connectivity index (χ0n) is 11.6. The van der Waals surface area contributed by atoms with Crippen LogP contribution in [-0.4, -0.2) is 51.5 Å². The number of anilines is 1. The van der Waals surface area contributed by atoms with Crippen molar-refractivity contribution < 1.29 is 14.6 Å². The summed E-state index contributed by atoms with van der Waals surface area (Å²) in [7, 11) is 0. The zero-order valence-corrected chi connectivity index (χ0v) is 12.4. The third kappa shape index (κ3) is 3.68. The summed E-state index contributed by atoms with van der Waals surface area (Å²) >= 11 is 5.82. The van der Waals surface area contributed by atoms with Crippen molar-refractivity contribution in [1.82, 2.24) is 15.0 Å². The highest BCUT2D eigenvalue weighted by atomic mass is 35.5. The molecule has 2 unspecified atom stereocenters. The van der Waals surface area contributed by atoms with E-state index < -0.39 is 5.60 Å². The predicted octanol–water partition coefficient (Wildman–Crippen LogP) is 1.27. The van der Waals surface area contributed by atoms with E-state index >= 15 is 0 Å². The van der Waals surface area contributed by atoms with E-state index in [9.17, 15) is 5.11 Å². The Bertz CT molecular complexity index is 462. The molecular formula is C12H19ClN4O3. The second-order valence-corrected chi connectivity index (χ2v) is 5.12. The van der Waals surface area contributed by atoms with Gasteiger partial charge in [0, 0.05) is 19.6 Å². The number of aromatic nitrogens is 3. The van der Waals surface area contributed by atoms with E-state index in [-0.39, 0.29) is 29.9 Å². The van der Waals surface area contributed by atoms with E-state index in [0.717, 1.165) is 6.42 Å². The maximum Gasteiger partial charge on any atom is 0.322 e. The van der Waals surface area contributed by atoms with Gasteiger partial charge in [0.1, 0.15) is 5.60 Å². The van der Waals surface area contributed by atoms with Gasteiger partial charge >= 0.3 is 6.01 Å². The third-order valence-corrected chi connectivity index (χ3v) is 3.40. The van der Waals surface area contributed by atoms with Crippen LogP contribution in [0.5, 0.6) is 6.01 Å². The van der Waals surface area contributed by atoms with Gasteiger partial charge in [-0.2, -0.15) is 15.0 Å². The fraction of sp³-hybridized carbons (Fsp3) is 0.750. The largest absolute Gasteiger partial charge is 0.463 e. The summed E-state index contributed by atoms with van der Waals surface area (Å²) in [4.78, 5) is 11.9. The molecule has 1 aromatic heterocycles. The quantitative estimate of drug-likeness (QED) is 0.817. The first-order valence-electron chi connectivity index (χ1n) is 6.66. The molecule has 2 N–H and O–H groups in total. The topological polar surface area (TPSA) is 89.4 Å². The first kappa shape index (κ1) is 15.2. The van der Waals surface area contributed by atoms with E-state index in [1.807, 2.05) is 13.8 Å². The molecule has 1 aliphatic rings. The van der Waals surface area contributed by atoms with Gasteiger partial charge < -0.3 is 19.9 Å². The van der Waals surface area contributed by atoms with Crippen LogP contribution in [0.3, 0.4) is 0 Å². The van der Waals surface area contributed by atoms with E-state index in [1.165, 1.54) is 0 Å². The smallest absolute Gasteiger partial charge is 0.322 e. The highest BCUT2D eigenvalue weighted by Crippen LogP contribution is 2.25. The van der Waals surface area contributed by atoms with Crippen molar-refractivity contribution in [2.24, 2.45) is 0 Å². The van der Waals surface area contributed by atoms with Crippen molar-refractivity contribution in [2.45, 2.75) is 38.4 Å². The second-order valence-electron chi connectivity index (χ2n) is 4.78. The van der Waals surface area contributed by atoms with Crippen molar-refractivity contribution in [2.75, 3.05) is 25.1 Å². The summed E-state index contributed by atoms with van der Waals surface area (Å²) in [5.41, 5.74) is -0.927. The summed E-state index contributed by atoms with van der Waals surface area (Å²) in [5, 5.41) is 13.4. The molecule has 1 fully saturated rings. The first-order chi connectivity index (χ1) is 9.53. The monoisotopic (exact) mass is 302 g/mol. The Kier molecular flexibility index (Phi) is 4.95. The molecular weight excluding hydrogens is 284 g/mol. The summed E-state index contributed by atoms with van der Waals surface area (Å²) in [6, 6.07) is 0.178. The van der Waals surface area contributed by atoms with Crippen LogP contribution in [0.1, 0.15) is 26.7 Å². The van der Waals surface area contributed by atoms with Gasteiger partial charge in [-0.05, 0) is 24.9 Å². The van der Waals surface area contributed by atoms with Crippen LogP contribution in [0.2, 0.25) is 5.28 Å². The minimum Gasteiger partial charge on any atom is -0.463 e. The summed E-state index contributed by atoms with van der Waals surface area (Å²) in [6.45, 7) is 5.16. The number of aliphatic hydroxyl groups is 1. The van der Waals surface area contributed by atoms with E-state index in [2.05, 4.69) is 20.3 Å². The van der Waals surface area contributed by atoms with Crippen LogP contribution in [-0.2, 0) is 4.74 Å². The van der Waals surface area contributed by atoms with Crippen molar-refractivity contribution in [3.8, 4) is 6.01 Å². The third-order valence-electron chi connectivity index (χ3n) is 3.24. The Hall–Kier alpha value is -1.18. The molecule has 1 saturated heterocycles. The molecule has 7 nitrogen and oxygen atoms in total. The standard InChI is InChI=1S/C12H19ClN4O3/c1-3-5-20-11-16-9(13)15-10(17-11)14-7-12(18)4-6-19-8(12)2/h8,18H,3-7H2,1-2H3,(H,14,15,16,17). The van der Waals surface area contributed by atoms with Crippen molar-refractivity contribution in [1.29, 1.82) is 0 Å². The molecule has 1 aliphatic heterocycles. The summed E-state index contributed by atoms with van der Waals surface area (Å²) < 4.78 is 10.7. The molecule has 112 valence electrons. The molecule has 0 spiro atoms. The molecule has 2 rings (SSSR count). The van der Waals surface area contributed by atoms with Gasteiger partial charge in [0.05, 0.1) is 12.7 Å². The van der Waals surface area contributed by atoms with E-state index in [4.69, 9.17) is 21.1 Å². The fourth-order valence-electron chi connectivity index (χ4n) is 1.90. The Labute approximate surface area is 122 Å². The van der Waals surface area contributed by atoms with Crippen LogP contribution in [0.15, 0.2) is 0 Å². The second kappa shape index (κ2) is 6.51. The highest BCUT2D eigenvalue weighted by Gasteiger charge is 2.39. The first-order valence-corrected chi connectivity index (χ1v) is 7.03. The molecule has 2 heterocycles. The molecule has 0 bridgehead atoms. The fourth-order valence-corrected chi connectivity index (χ4v) is 2.06. The van der Waals surface area contributed by atoms with Crippen LogP contribution in [0, 0.1) is 0 Å². The van der Waals surface area contributed by atoms with E-state index in [0.29, 0.717) is 19.6 Å². The number of rotatable bonds is 6. The normalized spacial score (nSPS) is 25.7. The Morgan fingerprint density at radius 3 is 2.95 bits per heavy atom. The molecule has 8 heteroatoms. The van der Waals surface area contributed by atoms with Crippen molar-refractivity contribution in [3.63, 3.8) is 0 Å². The maximum absolute atomic E-state index is 10.4. The Morgan fingerprint density at radius 2 is 2.30 bits per heavy atom. The molecule has 20 heavy (non-hydrogen) atoms. The van der Waals surface area contributed by atoms with Crippen LogP contribution >= 0.6 is 11.6 Å². The lowest BCUT2D eigenvalue weighted by molar-refractivity contribution is -0.0177. The lowest BCUT2D eigenvalue weighted by Gasteiger charge is -2.26.